The second-order valence-electron chi connectivity index (χ2n) is 6.76. The number of nitrogens with zero attached hydrogens (tertiary/aromatic N) is 6. The number of amides is 1. The fourth-order valence-electron chi connectivity index (χ4n) is 3.15. The highest BCUT2D eigenvalue weighted by Gasteiger charge is 2.24. The highest BCUT2D eigenvalue weighted by molar-refractivity contribution is 5.92. The molecule has 2 aromatic heterocycles. The summed E-state index contributed by atoms with van der Waals surface area (Å²) in [6.45, 7) is 4.93. The quantitative estimate of drug-likeness (QED) is 0.660. The van der Waals surface area contributed by atoms with Crippen molar-refractivity contribution in [2.75, 3.05) is 31.1 Å². The van der Waals surface area contributed by atoms with Gasteiger partial charge in [-0.2, -0.15) is 0 Å². The fraction of sp³-hybridized carbons (Fsp3) is 0.286. The van der Waals surface area contributed by atoms with Crippen molar-refractivity contribution >= 4 is 11.7 Å². The van der Waals surface area contributed by atoms with Crippen LogP contribution in [-0.2, 0) is 6.61 Å². The Labute approximate surface area is 169 Å². The molecule has 4 rings (SSSR count). The normalized spacial score (nSPS) is 14.0. The van der Waals surface area contributed by atoms with Crippen molar-refractivity contribution in [3.05, 3.63) is 72.1 Å². The van der Waals surface area contributed by atoms with E-state index in [9.17, 15) is 4.79 Å². The van der Waals surface area contributed by atoms with E-state index in [4.69, 9.17) is 4.74 Å². The molecule has 8 heteroatoms. The number of hydrogen-bond donors (Lipinski definition) is 0. The molecule has 1 fully saturated rings. The Hall–Kier alpha value is -3.55. The van der Waals surface area contributed by atoms with E-state index in [0.717, 1.165) is 17.2 Å². The minimum Gasteiger partial charge on any atom is -0.472 e. The Balaban J connectivity index is 1.31. The molecule has 0 bridgehead atoms. The molecule has 0 spiro atoms. The molecule has 0 saturated carbocycles. The van der Waals surface area contributed by atoms with Crippen LogP contribution in [0.5, 0.6) is 5.88 Å². The molecule has 148 valence electrons. The van der Waals surface area contributed by atoms with E-state index >= 15 is 0 Å². The summed E-state index contributed by atoms with van der Waals surface area (Å²) in [5.74, 6) is 1.91. The topological polar surface area (TPSA) is 84.3 Å². The first-order chi connectivity index (χ1) is 14.2. The lowest BCUT2D eigenvalue weighted by Crippen LogP contribution is -2.49. The number of aryl methyl sites for hydroxylation is 1. The molecule has 0 N–H and O–H groups in total. The van der Waals surface area contributed by atoms with Crippen LogP contribution < -0.4 is 9.64 Å². The maximum absolute atomic E-state index is 12.7. The van der Waals surface area contributed by atoms with Crippen molar-refractivity contribution in [1.82, 2.24) is 24.8 Å². The van der Waals surface area contributed by atoms with Gasteiger partial charge in [-0.3, -0.25) is 4.79 Å². The van der Waals surface area contributed by atoms with Gasteiger partial charge in [-0.1, -0.05) is 30.3 Å². The van der Waals surface area contributed by atoms with Gasteiger partial charge in [0, 0.05) is 32.4 Å². The molecule has 1 aliphatic heterocycles. The Morgan fingerprint density at radius 1 is 1.00 bits per heavy atom. The second kappa shape index (κ2) is 8.64. The number of carbonyl (C=O) groups is 1. The number of anilines is 1. The summed E-state index contributed by atoms with van der Waals surface area (Å²) < 4.78 is 5.63. The smallest absolute Gasteiger partial charge is 0.274 e. The monoisotopic (exact) mass is 390 g/mol. The van der Waals surface area contributed by atoms with Gasteiger partial charge < -0.3 is 14.5 Å². The van der Waals surface area contributed by atoms with Crippen LogP contribution >= 0.6 is 0 Å². The van der Waals surface area contributed by atoms with Crippen LogP contribution in [0.2, 0.25) is 0 Å². The summed E-state index contributed by atoms with van der Waals surface area (Å²) in [7, 11) is 0. The molecule has 29 heavy (non-hydrogen) atoms. The highest BCUT2D eigenvalue weighted by Crippen LogP contribution is 2.15. The molecule has 0 atom stereocenters. The van der Waals surface area contributed by atoms with Gasteiger partial charge in [0.05, 0.1) is 12.4 Å². The first kappa shape index (κ1) is 18.8. The standard InChI is InChI=1S/C21H22N6O2/c1-16-22-8-7-19(25-16)26-9-11-27(12-10-26)21(28)18-13-24-20(14-23-18)29-15-17-5-3-2-4-6-17/h2-8,13-14H,9-12,15H2,1H3. The van der Waals surface area contributed by atoms with Gasteiger partial charge in [0.1, 0.15) is 23.9 Å². The van der Waals surface area contributed by atoms with Crippen molar-refractivity contribution < 1.29 is 9.53 Å². The van der Waals surface area contributed by atoms with E-state index in [1.807, 2.05) is 43.3 Å². The number of benzene rings is 1. The van der Waals surface area contributed by atoms with Gasteiger partial charge >= 0.3 is 0 Å². The molecular weight excluding hydrogens is 368 g/mol. The number of carbonyl (C=O) groups excluding carboxylic acids is 1. The summed E-state index contributed by atoms with van der Waals surface area (Å²) in [5, 5.41) is 0. The lowest BCUT2D eigenvalue weighted by Gasteiger charge is -2.35. The molecule has 0 radical (unpaired) electrons. The lowest BCUT2D eigenvalue weighted by molar-refractivity contribution is 0.0740. The number of ether oxygens (including phenoxy) is 1. The minimum atomic E-state index is -0.120. The molecule has 0 aliphatic carbocycles. The van der Waals surface area contributed by atoms with Crippen molar-refractivity contribution in [3.8, 4) is 5.88 Å². The van der Waals surface area contributed by atoms with Crippen molar-refractivity contribution in [2.24, 2.45) is 0 Å². The number of aromatic nitrogens is 4. The van der Waals surface area contributed by atoms with Gasteiger partial charge in [-0.25, -0.2) is 19.9 Å². The Morgan fingerprint density at radius 2 is 1.79 bits per heavy atom. The largest absolute Gasteiger partial charge is 0.472 e. The van der Waals surface area contributed by atoms with Crippen LogP contribution in [-0.4, -0.2) is 56.9 Å². The van der Waals surface area contributed by atoms with Crippen LogP contribution in [0.3, 0.4) is 0 Å². The number of hydrogen-bond acceptors (Lipinski definition) is 7. The predicted octanol–water partition coefficient (Wildman–Crippen LogP) is 2.12. The maximum Gasteiger partial charge on any atom is 0.274 e. The maximum atomic E-state index is 12.7. The molecule has 3 aromatic rings. The van der Waals surface area contributed by atoms with E-state index in [0.29, 0.717) is 44.4 Å². The first-order valence-corrected chi connectivity index (χ1v) is 9.52. The van der Waals surface area contributed by atoms with Crippen LogP contribution in [0, 0.1) is 6.92 Å². The SMILES string of the molecule is Cc1nccc(N2CCN(C(=O)c3cnc(OCc4ccccc4)cn3)CC2)n1. The summed E-state index contributed by atoms with van der Waals surface area (Å²) in [6, 6.07) is 11.7. The summed E-state index contributed by atoms with van der Waals surface area (Å²) >= 11 is 0. The molecule has 0 unspecified atom stereocenters. The fourth-order valence-corrected chi connectivity index (χ4v) is 3.15. The molecule has 1 saturated heterocycles. The van der Waals surface area contributed by atoms with Crippen molar-refractivity contribution in [1.29, 1.82) is 0 Å². The van der Waals surface area contributed by atoms with Gasteiger partial charge in [0.15, 0.2) is 0 Å². The van der Waals surface area contributed by atoms with Gasteiger partial charge in [-0.15, -0.1) is 0 Å². The van der Waals surface area contributed by atoms with Gasteiger partial charge in [0.2, 0.25) is 5.88 Å². The summed E-state index contributed by atoms with van der Waals surface area (Å²) in [5.41, 5.74) is 1.37. The predicted molar refractivity (Wildman–Crippen MR) is 108 cm³/mol. The average Bonchev–Trinajstić information content (AvgIpc) is 2.78. The third-order valence-corrected chi connectivity index (χ3v) is 4.73. The Kier molecular flexibility index (Phi) is 5.60. The van der Waals surface area contributed by atoms with Crippen LogP contribution in [0.4, 0.5) is 5.82 Å². The average molecular weight is 390 g/mol. The van der Waals surface area contributed by atoms with Crippen LogP contribution in [0.15, 0.2) is 55.0 Å². The first-order valence-electron chi connectivity index (χ1n) is 9.52. The van der Waals surface area contributed by atoms with Crippen molar-refractivity contribution in [3.63, 3.8) is 0 Å². The molecule has 3 heterocycles. The third kappa shape index (κ3) is 4.66. The molecule has 1 amide bonds. The van der Waals surface area contributed by atoms with E-state index in [1.54, 1.807) is 11.1 Å². The van der Waals surface area contributed by atoms with Crippen LogP contribution in [0.25, 0.3) is 0 Å². The van der Waals surface area contributed by atoms with E-state index in [2.05, 4.69) is 24.8 Å². The zero-order valence-corrected chi connectivity index (χ0v) is 16.2. The number of rotatable bonds is 5. The Bertz CT molecular complexity index is 956. The highest BCUT2D eigenvalue weighted by atomic mass is 16.5. The number of piperazine rings is 1. The van der Waals surface area contributed by atoms with Gasteiger partial charge in [-0.05, 0) is 18.6 Å². The lowest BCUT2D eigenvalue weighted by atomic mass is 10.2. The zero-order valence-electron chi connectivity index (χ0n) is 16.2. The van der Waals surface area contributed by atoms with Gasteiger partial charge in [0.25, 0.3) is 5.91 Å². The molecular formula is C21H22N6O2. The molecule has 8 nitrogen and oxygen atoms in total. The van der Waals surface area contributed by atoms with Crippen LogP contribution in [0.1, 0.15) is 21.9 Å². The summed E-state index contributed by atoms with van der Waals surface area (Å²) in [4.78, 5) is 33.7. The molecule has 1 aliphatic rings. The second-order valence-corrected chi connectivity index (χ2v) is 6.76. The molecule has 1 aromatic carbocycles. The minimum absolute atomic E-state index is 0.120. The third-order valence-electron chi connectivity index (χ3n) is 4.73. The van der Waals surface area contributed by atoms with E-state index in [1.165, 1.54) is 12.4 Å². The van der Waals surface area contributed by atoms with E-state index < -0.39 is 0 Å². The zero-order chi connectivity index (χ0) is 20.1. The Morgan fingerprint density at radius 3 is 2.48 bits per heavy atom. The van der Waals surface area contributed by atoms with E-state index in [-0.39, 0.29) is 5.91 Å². The summed E-state index contributed by atoms with van der Waals surface area (Å²) in [6.07, 6.45) is 4.73. The van der Waals surface area contributed by atoms with Crippen molar-refractivity contribution in [2.45, 2.75) is 13.5 Å².